The summed E-state index contributed by atoms with van der Waals surface area (Å²) in [6, 6.07) is 17.8. The molecule has 0 atom stereocenters. The number of nitrogens with zero attached hydrogens (tertiary/aromatic N) is 2. The topological polar surface area (TPSA) is 55.1 Å². The van der Waals surface area contributed by atoms with Crippen LogP contribution in [0.25, 0.3) is 22.6 Å². The first-order valence-corrected chi connectivity index (χ1v) is 9.20. The lowest BCUT2D eigenvalue weighted by atomic mass is 10.0. The van der Waals surface area contributed by atoms with Gasteiger partial charge >= 0.3 is 0 Å². The van der Waals surface area contributed by atoms with E-state index in [9.17, 15) is 5.26 Å². The summed E-state index contributed by atoms with van der Waals surface area (Å²) >= 11 is 1.56. The van der Waals surface area contributed by atoms with Gasteiger partial charge in [0, 0.05) is 10.9 Å². The fraction of sp³-hybridized carbons (Fsp3) is 0.143. The molecule has 130 valence electrons. The monoisotopic (exact) mass is 362 g/mol. The van der Waals surface area contributed by atoms with Gasteiger partial charge in [-0.2, -0.15) is 5.26 Å². The third-order valence-corrected chi connectivity index (χ3v) is 4.74. The Morgan fingerprint density at radius 2 is 1.85 bits per heavy atom. The second kappa shape index (κ2) is 7.94. The van der Waals surface area contributed by atoms with Crippen LogP contribution in [-0.2, 0) is 0 Å². The second-order valence-electron chi connectivity index (χ2n) is 5.52. The molecule has 0 saturated carbocycles. The minimum atomic E-state index is 0.540. The number of hydrogen-bond donors (Lipinski definition) is 0. The molecule has 3 aromatic rings. The third kappa shape index (κ3) is 3.51. The number of pyridine rings is 1. The first-order valence-electron chi connectivity index (χ1n) is 7.98. The van der Waals surface area contributed by atoms with Crippen molar-refractivity contribution in [3.05, 3.63) is 59.7 Å². The standard InChI is InChI=1S/C21H18N2O2S/c1-24-19-9-8-14(12-20(19)25-2)17(13-22)11-16-10-15-6-4-5-7-18(15)23-21(16)26-3/h4-12H,1-3H3/b17-11+. The van der Waals surface area contributed by atoms with Crippen molar-refractivity contribution in [1.29, 1.82) is 5.26 Å². The first kappa shape index (κ1) is 17.8. The molecular formula is C21H18N2O2S. The molecule has 0 radical (unpaired) electrons. The predicted octanol–water partition coefficient (Wildman–Crippen LogP) is 5.04. The van der Waals surface area contributed by atoms with Crippen molar-refractivity contribution in [1.82, 2.24) is 4.98 Å². The van der Waals surface area contributed by atoms with Crippen LogP contribution >= 0.6 is 11.8 Å². The SMILES string of the molecule is COc1ccc(/C(C#N)=C/c2cc3ccccc3nc2SC)cc1OC. The lowest BCUT2D eigenvalue weighted by Crippen LogP contribution is -1.93. The third-order valence-electron chi connectivity index (χ3n) is 4.02. The fourth-order valence-electron chi connectivity index (χ4n) is 2.72. The number of allylic oxidation sites excluding steroid dienone is 1. The summed E-state index contributed by atoms with van der Waals surface area (Å²) < 4.78 is 10.6. The molecule has 1 aromatic heterocycles. The maximum absolute atomic E-state index is 9.69. The number of para-hydroxylation sites is 1. The lowest BCUT2D eigenvalue weighted by molar-refractivity contribution is 0.355. The molecule has 0 bridgehead atoms. The average Bonchev–Trinajstić information content (AvgIpc) is 2.70. The van der Waals surface area contributed by atoms with Crippen molar-refractivity contribution in [3.63, 3.8) is 0 Å². The van der Waals surface area contributed by atoms with Crippen molar-refractivity contribution in [3.8, 4) is 17.6 Å². The highest BCUT2D eigenvalue weighted by Gasteiger charge is 2.10. The molecule has 0 amide bonds. The number of thioether (sulfide) groups is 1. The van der Waals surface area contributed by atoms with Crippen LogP contribution in [0.4, 0.5) is 0 Å². The number of hydrogen-bond acceptors (Lipinski definition) is 5. The van der Waals surface area contributed by atoms with E-state index in [1.165, 1.54) is 0 Å². The molecule has 0 aliphatic heterocycles. The highest BCUT2D eigenvalue weighted by Crippen LogP contribution is 2.32. The number of rotatable bonds is 5. The maximum atomic E-state index is 9.69. The fourth-order valence-corrected chi connectivity index (χ4v) is 3.26. The van der Waals surface area contributed by atoms with Gasteiger partial charge in [0.2, 0.25) is 0 Å². The van der Waals surface area contributed by atoms with Gasteiger partial charge in [0.15, 0.2) is 11.5 Å². The van der Waals surface area contributed by atoms with E-state index in [4.69, 9.17) is 14.5 Å². The summed E-state index contributed by atoms with van der Waals surface area (Å²) in [4.78, 5) is 4.70. The molecule has 0 unspecified atom stereocenters. The Morgan fingerprint density at radius 3 is 2.54 bits per heavy atom. The van der Waals surface area contributed by atoms with Crippen molar-refractivity contribution in [2.45, 2.75) is 5.03 Å². The van der Waals surface area contributed by atoms with Crippen molar-refractivity contribution in [2.24, 2.45) is 0 Å². The lowest BCUT2D eigenvalue weighted by Gasteiger charge is -2.10. The molecule has 4 nitrogen and oxygen atoms in total. The Hall–Kier alpha value is -2.97. The molecule has 26 heavy (non-hydrogen) atoms. The minimum absolute atomic E-state index is 0.540. The number of nitriles is 1. The maximum Gasteiger partial charge on any atom is 0.161 e. The second-order valence-corrected chi connectivity index (χ2v) is 6.31. The molecule has 0 spiro atoms. The molecule has 0 N–H and O–H groups in total. The molecule has 2 aromatic carbocycles. The Balaban J connectivity index is 2.12. The van der Waals surface area contributed by atoms with E-state index in [1.54, 1.807) is 38.1 Å². The van der Waals surface area contributed by atoms with E-state index in [0.717, 1.165) is 27.1 Å². The van der Waals surface area contributed by atoms with Crippen LogP contribution in [0.2, 0.25) is 0 Å². The molecule has 0 saturated heterocycles. The molecule has 3 rings (SSSR count). The minimum Gasteiger partial charge on any atom is -0.493 e. The molecule has 1 heterocycles. The zero-order valence-electron chi connectivity index (χ0n) is 14.8. The van der Waals surface area contributed by atoms with Crippen LogP contribution in [0.1, 0.15) is 11.1 Å². The summed E-state index contributed by atoms with van der Waals surface area (Å²) in [5.41, 5.74) is 3.17. The number of methoxy groups -OCH3 is 2. The van der Waals surface area contributed by atoms with Gasteiger partial charge in [0.1, 0.15) is 5.03 Å². The summed E-state index contributed by atoms with van der Waals surface area (Å²) in [6.45, 7) is 0. The van der Waals surface area contributed by atoms with Gasteiger partial charge in [-0.3, -0.25) is 0 Å². The Labute approximate surface area is 157 Å². The van der Waals surface area contributed by atoms with E-state index in [1.807, 2.05) is 42.7 Å². The molecule has 5 heteroatoms. The Morgan fingerprint density at radius 1 is 1.08 bits per heavy atom. The van der Waals surface area contributed by atoms with E-state index >= 15 is 0 Å². The molecule has 0 aliphatic carbocycles. The summed E-state index contributed by atoms with van der Waals surface area (Å²) in [5, 5.41) is 11.6. The summed E-state index contributed by atoms with van der Waals surface area (Å²) in [6.07, 6.45) is 3.85. The van der Waals surface area contributed by atoms with Crippen LogP contribution in [0.3, 0.4) is 0 Å². The van der Waals surface area contributed by atoms with E-state index in [2.05, 4.69) is 12.1 Å². The quantitative estimate of drug-likeness (QED) is 0.470. The summed E-state index contributed by atoms with van der Waals surface area (Å²) in [5.74, 6) is 1.22. The van der Waals surface area contributed by atoms with Crippen molar-refractivity contribution >= 4 is 34.3 Å². The number of ether oxygens (including phenoxy) is 2. The van der Waals surface area contributed by atoms with E-state index in [-0.39, 0.29) is 0 Å². The molecule has 0 fully saturated rings. The van der Waals surface area contributed by atoms with Crippen LogP contribution in [0.15, 0.2) is 53.6 Å². The van der Waals surface area contributed by atoms with Crippen molar-refractivity contribution in [2.75, 3.05) is 20.5 Å². The zero-order chi connectivity index (χ0) is 18.5. The van der Waals surface area contributed by atoms with Gasteiger partial charge in [0.25, 0.3) is 0 Å². The molecular weight excluding hydrogens is 344 g/mol. The smallest absolute Gasteiger partial charge is 0.161 e. The Bertz CT molecular complexity index is 1020. The predicted molar refractivity (Wildman–Crippen MR) is 107 cm³/mol. The van der Waals surface area contributed by atoms with Gasteiger partial charge in [-0.1, -0.05) is 18.2 Å². The van der Waals surface area contributed by atoms with E-state index in [0.29, 0.717) is 17.1 Å². The average molecular weight is 362 g/mol. The first-order chi connectivity index (χ1) is 12.7. The summed E-state index contributed by atoms with van der Waals surface area (Å²) in [7, 11) is 3.17. The van der Waals surface area contributed by atoms with Crippen LogP contribution < -0.4 is 9.47 Å². The number of benzene rings is 2. The van der Waals surface area contributed by atoms with Gasteiger partial charge in [0.05, 0.1) is 31.4 Å². The van der Waals surface area contributed by atoms with Crippen LogP contribution in [0.5, 0.6) is 11.5 Å². The zero-order valence-corrected chi connectivity index (χ0v) is 15.6. The van der Waals surface area contributed by atoms with Crippen LogP contribution in [-0.4, -0.2) is 25.5 Å². The highest BCUT2D eigenvalue weighted by atomic mass is 32.2. The Kier molecular flexibility index (Phi) is 5.45. The van der Waals surface area contributed by atoms with Crippen molar-refractivity contribution < 1.29 is 9.47 Å². The van der Waals surface area contributed by atoms with Crippen LogP contribution in [0, 0.1) is 11.3 Å². The normalized spacial score (nSPS) is 11.2. The van der Waals surface area contributed by atoms with E-state index < -0.39 is 0 Å². The highest BCUT2D eigenvalue weighted by molar-refractivity contribution is 7.98. The number of fused-ring (bicyclic) bond motifs is 1. The van der Waals surface area contributed by atoms with Gasteiger partial charge in [-0.15, -0.1) is 11.8 Å². The number of aromatic nitrogens is 1. The van der Waals surface area contributed by atoms with Gasteiger partial charge in [-0.25, -0.2) is 4.98 Å². The largest absolute Gasteiger partial charge is 0.493 e. The molecule has 0 aliphatic rings. The van der Waals surface area contributed by atoms with Gasteiger partial charge in [-0.05, 0) is 48.2 Å². The van der Waals surface area contributed by atoms with Gasteiger partial charge < -0.3 is 9.47 Å².